The van der Waals surface area contributed by atoms with Gasteiger partial charge in [-0.15, -0.1) is 0 Å². The summed E-state index contributed by atoms with van der Waals surface area (Å²) in [7, 11) is 1.72. The molecule has 23 heavy (non-hydrogen) atoms. The lowest BCUT2D eigenvalue weighted by Crippen LogP contribution is -2.48. The van der Waals surface area contributed by atoms with Crippen LogP contribution in [0.25, 0.3) is 0 Å². The third-order valence-electron chi connectivity index (χ3n) is 5.24. The Morgan fingerprint density at radius 3 is 1.87 bits per heavy atom. The summed E-state index contributed by atoms with van der Waals surface area (Å²) in [5.74, 6) is 0.935. The maximum atomic E-state index is 5.24. The normalized spacial score (nSPS) is 21.2. The Kier molecular flexibility index (Phi) is 6.17. The topological polar surface area (TPSA) is 19.0 Å². The summed E-state index contributed by atoms with van der Waals surface area (Å²) >= 11 is 0. The molecule has 0 saturated carbocycles. The summed E-state index contributed by atoms with van der Waals surface area (Å²) in [5, 5.41) is 0. The maximum Gasteiger partial charge on any atom is 0.119 e. The van der Waals surface area contributed by atoms with Gasteiger partial charge in [0, 0.05) is 45.0 Å². The van der Waals surface area contributed by atoms with Gasteiger partial charge in [-0.3, -0.25) is 4.90 Å². The third kappa shape index (κ3) is 4.85. The van der Waals surface area contributed by atoms with Gasteiger partial charge in [0.1, 0.15) is 5.75 Å². The Labute approximate surface area is 141 Å². The highest BCUT2D eigenvalue weighted by atomic mass is 16.5. The lowest BCUT2D eigenvalue weighted by atomic mass is 10.2. The van der Waals surface area contributed by atoms with Crippen molar-refractivity contribution in [2.24, 2.45) is 0 Å². The molecular weight excluding hydrogens is 286 g/mol. The first-order chi connectivity index (χ1) is 11.3. The predicted molar refractivity (Wildman–Crippen MR) is 96.6 cm³/mol. The smallest absolute Gasteiger partial charge is 0.119 e. The van der Waals surface area contributed by atoms with E-state index in [-0.39, 0.29) is 0 Å². The summed E-state index contributed by atoms with van der Waals surface area (Å²) in [6.45, 7) is 9.73. The summed E-state index contributed by atoms with van der Waals surface area (Å²) in [4.78, 5) is 7.79. The molecule has 2 saturated heterocycles. The van der Waals surface area contributed by atoms with E-state index in [1.54, 1.807) is 7.11 Å². The molecule has 0 atom stereocenters. The monoisotopic (exact) mass is 317 g/mol. The van der Waals surface area contributed by atoms with Crippen LogP contribution in [0.5, 0.6) is 5.75 Å². The number of nitrogens with zero attached hydrogens (tertiary/aromatic N) is 3. The number of anilines is 1. The van der Waals surface area contributed by atoms with Gasteiger partial charge in [-0.1, -0.05) is 12.8 Å². The van der Waals surface area contributed by atoms with E-state index in [4.69, 9.17) is 4.74 Å². The van der Waals surface area contributed by atoms with Gasteiger partial charge in [0.25, 0.3) is 0 Å². The summed E-state index contributed by atoms with van der Waals surface area (Å²) in [6.07, 6.45) is 5.64. The number of hydrogen-bond acceptors (Lipinski definition) is 4. The van der Waals surface area contributed by atoms with Crippen LogP contribution in [0.2, 0.25) is 0 Å². The quantitative estimate of drug-likeness (QED) is 0.831. The zero-order valence-corrected chi connectivity index (χ0v) is 14.5. The molecule has 0 bridgehead atoms. The van der Waals surface area contributed by atoms with Gasteiger partial charge >= 0.3 is 0 Å². The molecule has 0 amide bonds. The van der Waals surface area contributed by atoms with Crippen molar-refractivity contribution in [3.8, 4) is 5.75 Å². The van der Waals surface area contributed by atoms with E-state index in [1.807, 2.05) is 0 Å². The fourth-order valence-corrected chi connectivity index (χ4v) is 3.67. The molecule has 0 aromatic heterocycles. The molecule has 3 rings (SSSR count). The molecule has 4 nitrogen and oxygen atoms in total. The molecule has 2 aliphatic heterocycles. The highest BCUT2D eigenvalue weighted by Gasteiger charge is 2.18. The van der Waals surface area contributed by atoms with Crippen LogP contribution in [0.1, 0.15) is 25.7 Å². The molecule has 0 aliphatic carbocycles. The molecule has 0 N–H and O–H groups in total. The maximum absolute atomic E-state index is 5.24. The van der Waals surface area contributed by atoms with Crippen LogP contribution in [-0.2, 0) is 0 Å². The lowest BCUT2D eigenvalue weighted by Gasteiger charge is -2.37. The van der Waals surface area contributed by atoms with E-state index in [0.717, 1.165) is 18.8 Å². The van der Waals surface area contributed by atoms with Gasteiger partial charge in [-0.2, -0.15) is 0 Å². The zero-order valence-electron chi connectivity index (χ0n) is 14.5. The summed E-state index contributed by atoms with van der Waals surface area (Å²) in [5.41, 5.74) is 1.32. The van der Waals surface area contributed by atoms with Crippen molar-refractivity contribution in [1.29, 1.82) is 0 Å². The van der Waals surface area contributed by atoms with E-state index >= 15 is 0 Å². The molecule has 4 heteroatoms. The average molecular weight is 317 g/mol. The van der Waals surface area contributed by atoms with E-state index in [2.05, 4.69) is 39.0 Å². The number of rotatable bonds is 5. The zero-order chi connectivity index (χ0) is 15.9. The van der Waals surface area contributed by atoms with E-state index in [9.17, 15) is 0 Å². The van der Waals surface area contributed by atoms with Crippen molar-refractivity contribution in [3.63, 3.8) is 0 Å². The number of hydrogen-bond donors (Lipinski definition) is 0. The molecule has 2 heterocycles. The fourth-order valence-electron chi connectivity index (χ4n) is 3.67. The molecule has 0 radical (unpaired) electrons. The Morgan fingerprint density at radius 2 is 1.30 bits per heavy atom. The van der Waals surface area contributed by atoms with Crippen molar-refractivity contribution in [3.05, 3.63) is 24.3 Å². The number of methoxy groups -OCH3 is 1. The Hall–Kier alpha value is -1.26. The van der Waals surface area contributed by atoms with Crippen LogP contribution >= 0.6 is 0 Å². The molecule has 0 unspecified atom stereocenters. The molecule has 2 fully saturated rings. The van der Waals surface area contributed by atoms with Crippen molar-refractivity contribution in [2.75, 3.05) is 64.4 Å². The second kappa shape index (κ2) is 8.55. The first kappa shape index (κ1) is 16.6. The molecule has 0 spiro atoms. The van der Waals surface area contributed by atoms with Crippen molar-refractivity contribution < 1.29 is 4.74 Å². The minimum atomic E-state index is 0.935. The molecule has 2 aliphatic rings. The molecular formula is C19H31N3O. The van der Waals surface area contributed by atoms with E-state index < -0.39 is 0 Å². The Morgan fingerprint density at radius 1 is 0.739 bits per heavy atom. The fraction of sp³-hybridized carbons (Fsp3) is 0.684. The van der Waals surface area contributed by atoms with Crippen LogP contribution in [0, 0.1) is 0 Å². The van der Waals surface area contributed by atoms with Crippen LogP contribution in [0.3, 0.4) is 0 Å². The van der Waals surface area contributed by atoms with Gasteiger partial charge < -0.3 is 14.5 Å². The predicted octanol–water partition coefficient (Wildman–Crippen LogP) is 2.69. The Bertz CT molecular complexity index is 446. The van der Waals surface area contributed by atoms with Gasteiger partial charge in [0.05, 0.1) is 7.11 Å². The number of ether oxygens (including phenoxy) is 1. The minimum absolute atomic E-state index is 0.935. The first-order valence-corrected chi connectivity index (χ1v) is 9.19. The van der Waals surface area contributed by atoms with Crippen LogP contribution < -0.4 is 9.64 Å². The molecule has 1 aromatic carbocycles. The van der Waals surface area contributed by atoms with Crippen molar-refractivity contribution in [2.45, 2.75) is 25.7 Å². The van der Waals surface area contributed by atoms with Gasteiger partial charge in [-0.05, 0) is 50.2 Å². The highest BCUT2D eigenvalue weighted by molar-refractivity contribution is 5.49. The third-order valence-corrected chi connectivity index (χ3v) is 5.24. The largest absolute Gasteiger partial charge is 0.497 e. The molecule has 1 aromatic rings. The number of likely N-dealkylation sites (tertiary alicyclic amines) is 1. The van der Waals surface area contributed by atoms with Crippen LogP contribution in [0.4, 0.5) is 5.69 Å². The Balaban J connectivity index is 1.40. The van der Waals surface area contributed by atoms with Crippen molar-refractivity contribution in [1.82, 2.24) is 9.80 Å². The number of piperazine rings is 1. The highest BCUT2D eigenvalue weighted by Crippen LogP contribution is 2.20. The lowest BCUT2D eigenvalue weighted by molar-refractivity contribution is 0.200. The van der Waals surface area contributed by atoms with Gasteiger partial charge in [0.2, 0.25) is 0 Å². The number of benzene rings is 1. The molecule has 128 valence electrons. The van der Waals surface area contributed by atoms with Crippen LogP contribution in [0.15, 0.2) is 24.3 Å². The van der Waals surface area contributed by atoms with Gasteiger partial charge in [-0.25, -0.2) is 0 Å². The van der Waals surface area contributed by atoms with Crippen LogP contribution in [-0.4, -0.2) is 69.3 Å². The van der Waals surface area contributed by atoms with Crippen molar-refractivity contribution >= 4 is 5.69 Å². The second-order valence-electron chi connectivity index (χ2n) is 6.78. The summed E-state index contributed by atoms with van der Waals surface area (Å²) in [6, 6.07) is 8.46. The minimum Gasteiger partial charge on any atom is -0.497 e. The summed E-state index contributed by atoms with van der Waals surface area (Å²) < 4.78 is 5.24. The SMILES string of the molecule is COc1ccc(N2CCN(CCN3CCCCCC3)CC2)cc1. The van der Waals surface area contributed by atoms with Gasteiger partial charge in [0.15, 0.2) is 0 Å². The van der Waals surface area contributed by atoms with E-state index in [1.165, 1.54) is 70.6 Å². The second-order valence-corrected chi connectivity index (χ2v) is 6.78. The average Bonchev–Trinajstić information content (AvgIpc) is 2.89. The standard InChI is InChI=1S/C19H31N3O/c1-23-19-8-6-18(7-9-19)22-16-14-21(15-17-22)13-12-20-10-4-2-3-5-11-20/h6-9H,2-5,10-17H2,1H3. The van der Waals surface area contributed by atoms with E-state index in [0.29, 0.717) is 0 Å². The first-order valence-electron chi connectivity index (χ1n) is 9.19.